The molecule has 0 bridgehead atoms. The average Bonchev–Trinajstić information content (AvgIpc) is 2.21. The molecule has 106 valence electrons. The minimum Gasteiger partial charge on any atom is -0.463 e. The summed E-state index contributed by atoms with van der Waals surface area (Å²) in [6.07, 6.45) is -0.584. The van der Waals surface area contributed by atoms with E-state index < -0.39 is 35.3 Å². The van der Waals surface area contributed by atoms with E-state index in [1.54, 1.807) is 20.8 Å². The number of imide groups is 2. The number of barbiturate groups is 1. The molecule has 0 saturated carbocycles. The zero-order valence-corrected chi connectivity index (χ0v) is 11.4. The molecule has 19 heavy (non-hydrogen) atoms. The molecule has 4 amide bonds. The fourth-order valence-electron chi connectivity index (χ4n) is 2.29. The van der Waals surface area contributed by atoms with Gasteiger partial charge in [-0.05, 0) is 12.8 Å². The molecule has 0 aromatic carbocycles. The lowest BCUT2D eigenvalue weighted by Gasteiger charge is -2.38. The first-order valence-electron chi connectivity index (χ1n) is 6.04. The lowest BCUT2D eigenvalue weighted by molar-refractivity contribution is -0.157. The van der Waals surface area contributed by atoms with Crippen molar-refractivity contribution >= 4 is 23.8 Å². The van der Waals surface area contributed by atoms with E-state index in [2.05, 4.69) is 10.6 Å². The average molecular weight is 270 g/mol. The number of rotatable bonds is 4. The summed E-state index contributed by atoms with van der Waals surface area (Å²) < 4.78 is 4.97. The van der Waals surface area contributed by atoms with E-state index in [1.807, 2.05) is 0 Å². The third-order valence-corrected chi connectivity index (χ3v) is 3.23. The van der Waals surface area contributed by atoms with E-state index in [9.17, 15) is 19.2 Å². The Balaban J connectivity index is 3.03. The Hall–Kier alpha value is -1.92. The van der Waals surface area contributed by atoms with Gasteiger partial charge < -0.3 is 4.74 Å². The second-order valence-corrected chi connectivity index (χ2v) is 4.99. The largest absolute Gasteiger partial charge is 0.463 e. The van der Waals surface area contributed by atoms with Gasteiger partial charge in [-0.25, -0.2) is 4.79 Å². The van der Waals surface area contributed by atoms with Crippen LogP contribution in [0.25, 0.3) is 0 Å². The number of nitrogens with one attached hydrogen (secondary N) is 2. The quantitative estimate of drug-likeness (QED) is 0.566. The Morgan fingerprint density at radius 3 is 2.00 bits per heavy atom. The number of carbonyl (C=O) groups is 4. The van der Waals surface area contributed by atoms with Crippen LogP contribution in [0.4, 0.5) is 4.79 Å². The highest BCUT2D eigenvalue weighted by molar-refractivity contribution is 6.19. The number of urea groups is 1. The van der Waals surface area contributed by atoms with Crippen LogP contribution in [-0.2, 0) is 19.1 Å². The second kappa shape index (κ2) is 5.38. The van der Waals surface area contributed by atoms with Crippen molar-refractivity contribution in [1.29, 1.82) is 0 Å². The maximum Gasteiger partial charge on any atom is 0.328 e. The van der Waals surface area contributed by atoms with Crippen LogP contribution in [0, 0.1) is 11.3 Å². The molecule has 1 rings (SSSR count). The van der Waals surface area contributed by atoms with Gasteiger partial charge in [0.15, 0.2) is 0 Å². The first-order chi connectivity index (χ1) is 8.70. The summed E-state index contributed by atoms with van der Waals surface area (Å²) in [5, 5.41) is 4.18. The van der Waals surface area contributed by atoms with Gasteiger partial charge in [-0.15, -0.1) is 0 Å². The van der Waals surface area contributed by atoms with Crippen LogP contribution in [0.3, 0.4) is 0 Å². The fourth-order valence-corrected chi connectivity index (χ4v) is 2.29. The molecule has 1 saturated heterocycles. The number of esters is 1. The van der Waals surface area contributed by atoms with Crippen LogP contribution in [-0.4, -0.2) is 29.9 Å². The van der Waals surface area contributed by atoms with Crippen LogP contribution in [0.15, 0.2) is 0 Å². The lowest BCUT2D eigenvalue weighted by Crippen LogP contribution is -2.65. The standard InChI is InChI=1S/C12H18N2O5/c1-6(2)12(5-7(3)19-8(4)15)9(16)13-11(18)14-10(12)17/h6-7H,5H2,1-4H3,(H2,13,14,16,17,18). The Morgan fingerprint density at radius 2 is 1.63 bits per heavy atom. The van der Waals surface area contributed by atoms with Crippen molar-refractivity contribution < 1.29 is 23.9 Å². The number of hydrogen-bond donors (Lipinski definition) is 2. The van der Waals surface area contributed by atoms with Gasteiger partial charge in [0.25, 0.3) is 0 Å². The van der Waals surface area contributed by atoms with Crippen molar-refractivity contribution in [3.05, 3.63) is 0 Å². The minimum atomic E-state index is -1.41. The molecule has 1 atom stereocenters. The molecule has 2 N–H and O–H groups in total. The molecule has 0 aromatic heterocycles. The zero-order chi connectivity index (χ0) is 14.8. The smallest absolute Gasteiger partial charge is 0.328 e. The van der Waals surface area contributed by atoms with Gasteiger partial charge in [-0.3, -0.25) is 25.0 Å². The normalized spacial score (nSPS) is 19.7. The molecule has 0 radical (unpaired) electrons. The van der Waals surface area contributed by atoms with Gasteiger partial charge in [0, 0.05) is 13.3 Å². The Labute approximate surface area is 111 Å². The Morgan fingerprint density at radius 1 is 1.16 bits per heavy atom. The SMILES string of the molecule is CC(=O)OC(C)CC1(C(C)C)C(=O)NC(=O)NC1=O. The van der Waals surface area contributed by atoms with Crippen molar-refractivity contribution in [2.75, 3.05) is 0 Å². The van der Waals surface area contributed by atoms with Crippen molar-refractivity contribution in [3.8, 4) is 0 Å². The molecule has 1 aliphatic heterocycles. The van der Waals surface area contributed by atoms with Gasteiger partial charge in [0.05, 0.1) is 0 Å². The highest BCUT2D eigenvalue weighted by Crippen LogP contribution is 2.36. The van der Waals surface area contributed by atoms with Crippen LogP contribution in [0.1, 0.15) is 34.1 Å². The van der Waals surface area contributed by atoms with Crippen LogP contribution in [0.2, 0.25) is 0 Å². The molecule has 1 unspecified atom stereocenters. The van der Waals surface area contributed by atoms with Crippen molar-refractivity contribution in [2.45, 2.75) is 40.2 Å². The number of carbonyl (C=O) groups excluding carboxylic acids is 4. The topological polar surface area (TPSA) is 102 Å². The molecular formula is C12H18N2O5. The summed E-state index contributed by atoms with van der Waals surface area (Å²) in [5.41, 5.74) is -1.41. The molecule has 0 spiro atoms. The van der Waals surface area contributed by atoms with Gasteiger partial charge in [-0.2, -0.15) is 0 Å². The number of amides is 4. The van der Waals surface area contributed by atoms with E-state index in [-0.39, 0.29) is 12.3 Å². The molecule has 0 aromatic rings. The van der Waals surface area contributed by atoms with E-state index in [4.69, 9.17) is 4.74 Å². The maximum atomic E-state index is 12.1. The fraction of sp³-hybridized carbons (Fsp3) is 0.667. The Bertz CT molecular complexity index is 410. The van der Waals surface area contributed by atoms with Gasteiger partial charge in [-0.1, -0.05) is 13.8 Å². The van der Waals surface area contributed by atoms with Crippen molar-refractivity contribution in [2.24, 2.45) is 11.3 Å². The second-order valence-electron chi connectivity index (χ2n) is 4.99. The predicted octanol–water partition coefficient (Wildman–Crippen LogP) is 0.337. The van der Waals surface area contributed by atoms with E-state index in [1.165, 1.54) is 6.92 Å². The number of ether oxygens (including phenoxy) is 1. The lowest BCUT2D eigenvalue weighted by atomic mass is 9.70. The summed E-state index contributed by atoms with van der Waals surface area (Å²) >= 11 is 0. The highest BCUT2D eigenvalue weighted by Gasteiger charge is 2.53. The summed E-state index contributed by atoms with van der Waals surface area (Å²) in [4.78, 5) is 46.1. The zero-order valence-electron chi connectivity index (χ0n) is 11.4. The van der Waals surface area contributed by atoms with Crippen LogP contribution in [0.5, 0.6) is 0 Å². The Kier molecular flexibility index (Phi) is 4.28. The third kappa shape index (κ3) is 2.91. The maximum absolute atomic E-state index is 12.1. The highest BCUT2D eigenvalue weighted by atomic mass is 16.5. The number of hydrogen-bond acceptors (Lipinski definition) is 5. The van der Waals surface area contributed by atoms with Crippen LogP contribution >= 0.6 is 0 Å². The molecule has 7 heteroatoms. The van der Waals surface area contributed by atoms with Crippen LogP contribution < -0.4 is 10.6 Å². The molecule has 1 heterocycles. The molecule has 1 fully saturated rings. The van der Waals surface area contributed by atoms with Gasteiger partial charge in [0.1, 0.15) is 11.5 Å². The first-order valence-corrected chi connectivity index (χ1v) is 6.04. The third-order valence-electron chi connectivity index (χ3n) is 3.23. The molecule has 0 aliphatic carbocycles. The van der Waals surface area contributed by atoms with Gasteiger partial charge in [0.2, 0.25) is 11.8 Å². The summed E-state index contributed by atoms with van der Waals surface area (Å²) in [6.45, 7) is 6.26. The molecule has 7 nitrogen and oxygen atoms in total. The van der Waals surface area contributed by atoms with E-state index >= 15 is 0 Å². The summed E-state index contributed by atoms with van der Waals surface area (Å²) in [5.74, 6) is -2.15. The van der Waals surface area contributed by atoms with Gasteiger partial charge >= 0.3 is 12.0 Å². The van der Waals surface area contributed by atoms with Crippen molar-refractivity contribution in [3.63, 3.8) is 0 Å². The monoisotopic (exact) mass is 270 g/mol. The van der Waals surface area contributed by atoms with Crippen molar-refractivity contribution in [1.82, 2.24) is 10.6 Å². The van der Waals surface area contributed by atoms with E-state index in [0.29, 0.717) is 0 Å². The summed E-state index contributed by atoms with van der Waals surface area (Å²) in [7, 11) is 0. The molecule has 1 aliphatic rings. The predicted molar refractivity (Wildman–Crippen MR) is 64.8 cm³/mol. The molecular weight excluding hydrogens is 252 g/mol. The van der Waals surface area contributed by atoms with E-state index in [0.717, 1.165) is 0 Å². The first kappa shape index (κ1) is 15.1. The minimum absolute atomic E-state index is 0.0230. The summed E-state index contributed by atoms with van der Waals surface area (Å²) in [6, 6.07) is -0.827.